The highest BCUT2D eigenvalue weighted by Gasteiger charge is 2.33. The van der Waals surface area contributed by atoms with Crippen LogP contribution in [0, 0.1) is 0 Å². The second kappa shape index (κ2) is 6.42. The minimum absolute atomic E-state index is 0.0333. The van der Waals surface area contributed by atoms with Crippen molar-refractivity contribution in [1.82, 2.24) is 4.90 Å². The van der Waals surface area contributed by atoms with Gasteiger partial charge < -0.3 is 14.7 Å². The lowest BCUT2D eigenvalue weighted by atomic mass is 10.0. The van der Waals surface area contributed by atoms with Gasteiger partial charge in [0, 0.05) is 12.1 Å². The Morgan fingerprint density at radius 1 is 1.22 bits per heavy atom. The van der Waals surface area contributed by atoms with Gasteiger partial charge in [0.15, 0.2) is 0 Å². The first-order valence-electron chi connectivity index (χ1n) is 7.39. The predicted molar refractivity (Wildman–Crippen MR) is 87.3 cm³/mol. The van der Waals surface area contributed by atoms with Crippen molar-refractivity contribution in [2.45, 2.75) is 18.9 Å². The smallest absolute Gasteiger partial charge is 0.345 e. The van der Waals surface area contributed by atoms with Gasteiger partial charge >= 0.3 is 5.97 Å². The zero-order chi connectivity index (χ0) is 16.4. The number of benzene rings is 1. The quantitative estimate of drug-likeness (QED) is 0.932. The molecule has 1 saturated heterocycles. The number of carbonyl (C=O) groups is 2. The van der Waals surface area contributed by atoms with E-state index in [1.165, 1.54) is 6.07 Å². The minimum atomic E-state index is -1.00. The molecule has 0 radical (unpaired) electrons. The molecule has 5 nitrogen and oxygen atoms in total. The molecule has 1 unspecified atom stereocenters. The Kier molecular flexibility index (Phi) is 4.34. The summed E-state index contributed by atoms with van der Waals surface area (Å²) in [5.41, 5.74) is 0.996. The molecule has 1 N–H and O–H groups in total. The SMILES string of the molecule is COc1ccccc1C1CCCN1C(=O)c1ccc(C(=O)O)s1. The number of hydrogen-bond acceptors (Lipinski definition) is 4. The van der Waals surface area contributed by atoms with Crippen molar-refractivity contribution in [3.8, 4) is 5.75 Å². The van der Waals surface area contributed by atoms with Gasteiger partial charge in [-0.3, -0.25) is 4.79 Å². The van der Waals surface area contributed by atoms with E-state index in [0.717, 1.165) is 35.5 Å². The molecular formula is C17H17NO4S. The van der Waals surface area contributed by atoms with Crippen molar-refractivity contribution in [3.63, 3.8) is 0 Å². The van der Waals surface area contributed by atoms with Crippen LogP contribution in [-0.4, -0.2) is 35.5 Å². The number of hydrogen-bond donors (Lipinski definition) is 1. The summed E-state index contributed by atoms with van der Waals surface area (Å²) in [6.45, 7) is 0.669. The van der Waals surface area contributed by atoms with Crippen LogP contribution >= 0.6 is 11.3 Å². The Balaban J connectivity index is 1.88. The molecule has 2 heterocycles. The van der Waals surface area contributed by atoms with Crippen LogP contribution in [0.5, 0.6) is 5.75 Å². The zero-order valence-corrected chi connectivity index (χ0v) is 13.5. The van der Waals surface area contributed by atoms with E-state index in [2.05, 4.69) is 0 Å². The molecule has 1 atom stereocenters. The maximum atomic E-state index is 12.8. The van der Waals surface area contributed by atoms with Crippen LogP contribution in [0.4, 0.5) is 0 Å². The van der Waals surface area contributed by atoms with E-state index in [1.54, 1.807) is 13.2 Å². The average Bonchev–Trinajstić information content (AvgIpc) is 3.23. The van der Waals surface area contributed by atoms with E-state index in [9.17, 15) is 9.59 Å². The van der Waals surface area contributed by atoms with Gasteiger partial charge in [-0.25, -0.2) is 4.79 Å². The van der Waals surface area contributed by atoms with E-state index < -0.39 is 5.97 Å². The second-order valence-electron chi connectivity index (χ2n) is 5.37. The van der Waals surface area contributed by atoms with Crippen LogP contribution in [0.3, 0.4) is 0 Å². The van der Waals surface area contributed by atoms with Gasteiger partial charge in [-0.1, -0.05) is 18.2 Å². The van der Waals surface area contributed by atoms with E-state index in [4.69, 9.17) is 9.84 Å². The standard InChI is InChI=1S/C17H17NO4S/c1-22-13-7-3-2-5-11(13)12-6-4-10-18(12)16(19)14-8-9-15(23-14)17(20)21/h2-3,5,7-9,12H,4,6,10H2,1H3,(H,20,21). The lowest BCUT2D eigenvalue weighted by molar-refractivity contribution is 0.0700. The first-order chi connectivity index (χ1) is 11.1. The number of amides is 1. The third-order valence-electron chi connectivity index (χ3n) is 4.04. The van der Waals surface area contributed by atoms with Crippen molar-refractivity contribution >= 4 is 23.2 Å². The van der Waals surface area contributed by atoms with Gasteiger partial charge in [0.2, 0.25) is 0 Å². The van der Waals surface area contributed by atoms with Crippen molar-refractivity contribution in [1.29, 1.82) is 0 Å². The summed E-state index contributed by atoms with van der Waals surface area (Å²) >= 11 is 1.02. The van der Waals surface area contributed by atoms with Gasteiger partial charge in [-0.15, -0.1) is 11.3 Å². The topological polar surface area (TPSA) is 66.8 Å². The number of ether oxygens (including phenoxy) is 1. The summed E-state index contributed by atoms with van der Waals surface area (Å²) in [6, 6.07) is 10.8. The normalized spacial score (nSPS) is 17.3. The number of nitrogens with zero attached hydrogens (tertiary/aromatic N) is 1. The highest BCUT2D eigenvalue weighted by Crippen LogP contribution is 2.38. The van der Waals surface area contributed by atoms with Crippen molar-refractivity contribution in [2.75, 3.05) is 13.7 Å². The molecule has 1 aliphatic rings. The molecule has 0 aliphatic carbocycles. The molecule has 1 fully saturated rings. The Morgan fingerprint density at radius 2 is 1.96 bits per heavy atom. The fraction of sp³-hybridized carbons (Fsp3) is 0.294. The molecule has 0 bridgehead atoms. The summed E-state index contributed by atoms with van der Waals surface area (Å²) in [4.78, 5) is 26.2. The van der Waals surface area contributed by atoms with Crippen molar-refractivity contribution < 1.29 is 19.4 Å². The Labute approximate surface area is 138 Å². The van der Waals surface area contributed by atoms with Crippen molar-refractivity contribution in [2.24, 2.45) is 0 Å². The van der Waals surface area contributed by atoms with Crippen LogP contribution < -0.4 is 4.74 Å². The molecule has 23 heavy (non-hydrogen) atoms. The molecule has 0 saturated carbocycles. The molecule has 3 rings (SSSR count). The maximum absolute atomic E-state index is 12.8. The van der Waals surface area contributed by atoms with Gasteiger partial charge in [0.1, 0.15) is 10.6 Å². The summed E-state index contributed by atoms with van der Waals surface area (Å²) in [6.07, 6.45) is 1.80. The van der Waals surface area contributed by atoms with E-state index in [1.807, 2.05) is 29.2 Å². The number of carboxylic acids is 1. The van der Waals surface area contributed by atoms with Gasteiger partial charge in [-0.2, -0.15) is 0 Å². The van der Waals surface area contributed by atoms with Gasteiger partial charge in [-0.05, 0) is 31.0 Å². The molecule has 0 spiro atoms. The fourth-order valence-corrected chi connectivity index (χ4v) is 3.79. The molecular weight excluding hydrogens is 314 g/mol. The lowest BCUT2D eigenvalue weighted by Gasteiger charge is -2.25. The molecule has 2 aromatic rings. The molecule has 1 aromatic heterocycles. The lowest BCUT2D eigenvalue weighted by Crippen LogP contribution is -2.30. The summed E-state index contributed by atoms with van der Waals surface area (Å²) in [5, 5.41) is 9.01. The third-order valence-corrected chi connectivity index (χ3v) is 5.10. The number of thiophene rings is 1. The third kappa shape index (κ3) is 2.94. The predicted octanol–water partition coefficient (Wildman–Crippen LogP) is 3.43. The molecule has 1 aliphatic heterocycles. The Bertz CT molecular complexity index is 740. The van der Waals surface area contributed by atoms with E-state index in [0.29, 0.717) is 11.4 Å². The fourth-order valence-electron chi connectivity index (χ4n) is 2.98. The number of likely N-dealkylation sites (tertiary alicyclic amines) is 1. The van der Waals surface area contributed by atoms with Crippen LogP contribution in [-0.2, 0) is 0 Å². The largest absolute Gasteiger partial charge is 0.496 e. The van der Waals surface area contributed by atoms with E-state index >= 15 is 0 Å². The summed E-state index contributed by atoms with van der Waals surface area (Å²) in [7, 11) is 1.62. The van der Waals surface area contributed by atoms with E-state index in [-0.39, 0.29) is 16.8 Å². The van der Waals surface area contributed by atoms with Crippen LogP contribution in [0.2, 0.25) is 0 Å². The Morgan fingerprint density at radius 3 is 2.65 bits per heavy atom. The van der Waals surface area contributed by atoms with Crippen LogP contribution in [0.15, 0.2) is 36.4 Å². The molecule has 6 heteroatoms. The van der Waals surface area contributed by atoms with Gasteiger partial charge in [0.25, 0.3) is 5.91 Å². The highest BCUT2D eigenvalue weighted by molar-refractivity contribution is 7.15. The summed E-state index contributed by atoms with van der Waals surface area (Å²) < 4.78 is 5.41. The molecule has 1 aromatic carbocycles. The summed E-state index contributed by atoms with van der Waals surface area (Å²) in [5.74, 6) is -0.345. The van der Waals surface area contributed by atoms with Gasteiger partial charge in [0.05, 0.1) is 18.0 Å². The first kappa shape index (κ1) is 15.6. The second-order valence-corrected chi connectivity index (χ2v) is 6.45. The Hall–Kier alpha value is -2.34. The zero-order valence-electron chi connectivity index (χ0n) is 12.7. The number of para-hydroxylation sites is 1. The monoisotopic (exact) mass is 331 g/mol. The number of carbonyl (C=O) groups excluding carboxylic acids is 1. The number of carboxylic acid groups (broad SMARTS) is 1. The van der Waals surface area contributed by atoms with Crippen LogP contribution in [0.25, 0.3) is 0 Å². The molecule has 1 amide bonds. The van der Waals surface area contributed by atoms with Crippen LogP contribution in [0.1, 0.15) is 43.8 Å². The van der Waals surface area contributed by atoms with Crippen molar-refractivity contribution in [3.05, 3.63) is 51.7 Å². The highest BCUT2D eigenvalue weighted by atomic mass is 32.1. The average molecular weight is 331 g/mol. The minimum Gasteiger partial charge on any atom is -0.496 e. The number of methoxy groups -OCH3 is 1. The number of aromatic carboxylic acids is 1. The first-order valence-corrected chi connectivity index (χ1v) is 8.20. The number of rotatable bonds is 4. The maximum Gasteiger partial charge on any atom is 0.345 e. The molecule has 120 valence electrons.